The minimum Gasteiger partial charge on any atom is -0.307 e. The maximum atomic E-state index is 12.6. The predicted molar refractivity (Wildman–Crippen MR) is 87.2 cm³/mol. The molecular weight excluding hydrogens is 331 g/mol. The second-order valence-electron chi connectivity index (χ2n) is 5.39. The summed E-state index contributed by atoms with van der Waals surface area (Å²) in [6, 6.07) is 15.3. The van der Waals surface area contributed by atoms with Crippen LogP contribution in [0.15, 0.2) is 66.9 Å². The van der Waals surface area contributed by atoms with Crippen LogP contribution in [0, 0.1) is 0 Å². The Bertz CT molecular complexity index is 855. The monoisotopic (exact) mass is 345 g/mol. The van der Waals surface area contributed by atoms with Crippen molar-refractivity contribution in [1.29, 1.82) is 0 Å². The molecule has 128 valence electrons. The molecule has 1 aromatic heterocycles. The molecule has 0 unspecified atom stereocenters. The average Bonchev–Trinajstić information content (AvgIpc) is 3.02. The molecule has 4 nitrogen and oxygen atoms in total. The van der Waals surface area contributed by atoms with Gasteiger partial charge in [-0.3, -0.25) is 4.79 Å². The van der Waals surface area contributed by atoms with Crippen molar-refractivity contribution in [3.05, 3.63) is 83.6 Å². The van der Waals surface area contributed by atoms with Crippen molar-refractivity contribution in [3.63, 3.8) is 0 Å². The summed E-state index contributed by atoms with van der Waals surface area (Å²) in [5, 5.41) is 6.82. The van der Waals surface area contributed by atoms with Gasteiger partial charge in [-0.1, -0.05) is 30.3 Å². The Morgan fingerprint density at radius 3 is 2.32 bits per heavy atom. The summed E-state index contributed by atoms with van der Waals surface area (Å²) in [5.74, 6) is -0.0303. The Labute approximate surface area is 141 Å². The second-order valence-corrected chi connectivity index (χ2v) is 5.39. The summed E-state index contributed by atoms with van der Waals surface area (Å²) in [5.41, 5.74) is 0.356. The molecule has 7 heteroatoms. The Morgan fingerprint density at radius 1 is 1.00 bits per heavy atom. The quantitative estimate of drug-likeness (QED) is 0.770. The van der Waals surface area contributed by atoms with Gasteiger partial charge in [0.1, 0.15) is 5.82 Å². The van der Waals surface area contributed by atoms with Gasteiger partial charge in [-0.15, -0.1) is 0 Å². The van der Waals surface area contributed by atoms with Gasteiger partial charge >= 0.3 is 6.18 Å². The van der Waals surface area contributed by atoms with Crippen LogP contribution in [-0.4, -0.2) is 15.7 Å². The van der Waals surface area contributed by atoms with Gasteiger partial charge < -0.3 is 5.32 Å². The van der Waals surface area contributed by atoms with E-state index in [1.807, 2.05) is 30.3 Å². The molecule has 0 radical (unpaired) electrons. The van der Waals surface area contributed by atoms with E-state index in [-0.39, 0.29) is 5.56 Å². The van der Waals surface area contributed by atoms with E-state index in [1.165, 1.54) is 0 Å². The number of nitrogens with zero attached hydrogens (tertiary/aromatic N) is 2. The summed E-state index contributed by atoms with van der Waals surface area (Å²) in [4.78, 5) is 12.2. The predicted octanol–water partition coefficient (Wildman–Crippen LogP) is 4.20. The van der Waals surface area contributed by atoms with Gasteiger partial charge in [-0.05, 0) is 29.8 Å². The minimum absolute atomic E-state index is 0.139. The van der Waals surface area contributed by atoms with Crippen molar-refractivity contribution in [1.82, 2.24) is 9.78 Å². The van der Waals surface area contributed by atoms with Crippen LogP contribution in [0.5, 0.6) is 0 Å². The Balaban J connectivity index is 1.73. The van der Waals surface area contributed by atoms with Crippen LogP contribution in [0.1, 0.15) is 21.5 Å². The number of amides is 1. The lowest BCUT2D eigenvalue weighted by molar-refractivity contribution is -0.137. The molecule has 3 rings (SSSR count). The fourth-order valence-electron chi connectivity index (χ4n) is 2.32. The number of alkyl halides is 3. The number of rotatable bonds is 4. The van der Waals surface area contributed by atoms with Gasteiger partial charge in [0.25, 0.3) is 5.91 Å². The largest absolute Gasteiger partial charge is 0.416 e. The first-order valence-electron chi connectivity index (χ1n) is 7.48. The number of carbonyl (C=O) groups excluding carboxylic acids is 1. The molecule has 1 N–H and O–H groups in total. The van der Waals surface area contributed by atoms with Crippen LogP contribution in [-0.2, 0) is 12.7 Å². The van der Waals surface area contributed by atoms with Crippen molar-refractivity contribution in [2.75, 3.05) is 5.32 Å². The first kappa shape index (κ1) is 16.8. The third kappa shape index (κ3) is 4.06. The number of aromatic nitrogens is 2. The zero-order chi connectivity index (χ0) is 17.9. The van der Waals surface area contributed by atoms with Crippen LogP contribution in [0.4, 0.5) is 19.0 Å². The van der Waals surface area contributed by atoms with Crippen molar-refractivity contribution in [3.8, 4) is 0 Å². The number of hydrogen-bond acceptors (Lipinski definition) is 2. The fraction of sp³-hybridized carbons (Fsp3) is 0.111. The van der Waals surface area contributed by atoms with Crippen LogP contribution in [0.3, 0.4) is 0 Å². The molecule has 0 fully saturated rings. The molecular formula is C18H14F3N3O. The van der Waals surface area contributed by atoms with Gasteiger partial charge in [0, 0.05) is 11.6 Å². The summed E-state index contributed by atoms with van der Waals surface area (Å²) >= 11 is 0. The lowest BCUT2D eigenvalue weighted by Crippen LogP contribution is -2.16. The van der Waals surface area contributed by atoms with Crippen LogP contribution < -0.4 is 5.32 Å². The van der Waals surface area contributed by atoms with E-state index in [0.29, 0.717) is 12.4 Å². The lowest BCUT2D eigenvalue weighted by atomic mass is 10.1. The Morgan fingerprint density at radius 2 is 1.68 bits per heavy atom. The highest BCUT2D eigenvalue weighted by atomic mass is 19.4. The molecule has 1 amide bonds. The first-order chi connectivity index (χ1) is 11.9. The topological polar surface area (TPSA) is 46.9 Å². The molecule has 1 heterocycles. The minimum atomic E-state index is -4.43. The zero-order valence-corrected chi connectivity index (χ0v) is 13.0. The zero-order valence-electron chi connectivity index (χ0n) is 13.0. The molecule has 0 spiro atoms. The summed E-state index contributed by atoms with van der Waals surface area (Å²) < 4.78 is 39.3. The summed E-state index contributed by atoms with van der Waals surface area (Å²) in [7, 11) is 0. The molecule has 0 aliphatic rings. The van der Waals surface area contributed by atoms with Gasteiger partial charge in [-0.25, -0.2) is 4.68 Å². The number of anilines is 1. The maximum absolute atomic E-state index is 12.6. The van der Waals surface area contributed by atoms with Crippen LogP contribution >= 0.6 is 0 Å². The fourth-order valence-corrected chi connectivity index (χ4v) is 2.32. The van der Waals surface area contributed by atoms with E-state index >= 15 is 0 Å². The van der Waals surface area contributed by atoms with Gasteiger partial charge in [0.15, 0.2) is 0 Å². The van der Waals surface area contributed by atoms with Crippen molar-refractivity contribution < 1.29 is 18.0 Å². The van der Waals surface area contributed by atoms with Crippen molar-refractivity contribution >= 4 is 11.7 Å². The van der Waals surface area contributed by atoms with E-state index in [2.05, 4.69) is 10.4 Å². The normalized spacial score (nSPS) is 11.3. The van der Waals surface area contributed by atoms with Crippen LogP contribution in [0.2, 0.25) is 0 Å². The first-order valence-corrected chi connectivity index (χ1v) is 7.48. The highest BCUT2D eigenvalue weighted by Gasteiger charge is 2.30. The van der Waals surface area contributed by atoms with Gasteiger partial charge in [0.2, 0.25) is 0 Å². The third-order valence-electron chi connectivity index (χ3n) is 3.61. The molecule has 3 aromatic rings. The molecule has 0 saturated heterocycles. The lowest BCUT2D eigenvalue weighted by Gasteiger charge is -2.10. The molecule has 0 aliphatic carbocycles. The highest BCUT2D eigenvalue weighted by Crippen LogP contribution is 2.29. The average molecular weight is 345 g/mol. The Hall–Kier alpha value is -3.09. The number of benzene rings is 2. The summed E-state index contributed by atoms with van der Waals surface area (Å²) in [6.45, 7) is 0.469. The number of hydrogen-bond donors (Lipinski definition) is 1. The van der Waals surface area contributed by atoms with E-state index in [9.17, 15) is 18.0 Å². The SMILES string of the molecule is O=C(Nc1ccnn1Cc1ccccc1)c1ccc(C(F)(F)F)cc1. The van der Waals surface area contributed by atoms with E-state index in [0.717, 1.165) is 29.8 Å². The molecule has 0 atom stereocenters. The smallest absolute Gasteiger partial charge is 0.307 e. The van der Waals surface area contributed by atoms with Crippen LogP contribution in [0.25, 0.3) is 0 Å². The number of nitrogens with one attached hydrogen (secondary N) is 1. The van der Waals surface area contributed by atoms with Crippen molar-refractivity contribution in [2.45, 2.75) is 12.7 Å². The number of carbonyl (C=O) groups is 1. The number of halogens is 3. The van der Waals surface area contributed by atoms with Crippen molar-refractivity contribution in [2.24, 2.45) is 0 Å². The third-order valence-corrected chi connectivity index (χ3v) is 3.61. The van der Waals surface area contributed by atoms with E-state index in [4.69, 9.17) is 0 Å². The van der Waals surface area contributed by atoms with Gasteiger partial charge in [0.05, 0.1) is 18.3 Å². The van der Waals surface area contributed by atoms with E-state index < -0.39 is 17.6 Å². The molecule has 0 aliphatic heterocycles. The molecule has 0 bridgehead atoms. The molecule has 0 saturated carbocycles. The molecule has 25 heavy (non-hydrogen) atoms. The standard InChI is InChI=1S/C18H14F3N3O/c19-18(20,21)15-8-6-14(7-9-15)17(25)23-16-10-11-22-24(16)12-13-4-2-1-3-5-13/h1-11H,12H2,(H,23,25). The highest BCUT2D eigenvalue weighted by molar-refractivity contribution is 6.03. The van der Waals surface area contributed by atoms with Gasteiger partial charge in [-0.2, -0.15) is 18.3 Å². The second kappa shape index (κ2) is 6.80. The van der Waals surface area contributed by atoms with E-state index in [1.54, 1.807) is 16.9 Å². The maximum Gasteiger partial charge on any atom is 0.416 e. The molecule has 2 aromatic carbocycles. The summed E-state index contributed by atoms with van der Waals surface area (Å²) in [6.07, 6.45) is -2.88. The Kier molecular flexibility index (Phi) is 4.56.